The first kappa shape index (κ1) is 13.8. The van der Waals surface area contributed by atoms with Gasteiger partial charge in [-0.25, -0.2) is 0 Å². The van der Waals surface area contributed by atoms with Crippen LogP contribution >= 0.6 is 0 Å². The van der Waals surface area contributed by atoms with Crippen molar-refractivity contribution >= 4 is 5.91 Å². The molecule has 0 aromatic rings. The second-order valence-electron chi connectivity index (χ2n) is 6.33. The van der Waals surface area contributed by atoms with E-state index >= 15 is 0 Å². The summed E-state index contributed by atoms with van der Waals surface area (Å²) in [6.45, 7) is 6.51. The predicted octanol–water partition coefficient (Wildman–Crippen LogP) is 0.899. The van der Waals surface area contributed by atoms with Gasteiger partial charge in [0.15, 0.2) is 0 Å². The molecule has 0 bridgehead atoms. The molecule has 1 unspecified atom stereocenters. The van der Waals surface area contributed by atoms with E-state index in [-0.39, 0.29) is 11.8 Å². The molecule has 4 nitrogen and oxygen atoms in total. The van der Waals surface area contributed by atoms with Gasteiger partial charge in [0.25, 0.3) is 0 Å². The average molecular weight is 254 g/mol. The van der Waals surface area contributed by atoms with Gasteiger partial charge in [-0.05, 0) is 50.6 Å². The van der Waals surface area contributed by atoms with Crippen LogP contribution in [-0.4, -0.2) is 36.2 Å². The van der Waals surface area contributed by atoms with Crippen LogP contribution in [0, 0.1) is 17.8 Å². The normalized spacial score (nSPS) is 34.7. The highest BCUT2D eigenvalue weighted by Crippen LogP contribution is 2.31. The lowest BCUT2D eigenvalue weighted by molar-refractivity contribution is -0.128. The highest BCUT2D eigenvalue weighted by molar-refractivity contribution is 5.78. The molecule has 2 fully saturated rings. The molecule has 0 aromatic carbocycles. The highest BCUT2D eigenvalue weighted by atomic mass is 16.3. The summed E-state index contributed by atoms with van der Waals surface area (Å²) in [6, 6.07) is 0. The molecule has 18 heavy (non-hydrogen) atoms. The third kappa shape index (κ3) is 3.23. The standard InChI is InChI=1S/C14H26N2O2/c1-10-3-5-14(18,6-4-10)9-16-13(17)11(2)12-7-15-8-12/h10-12,15,18H,3-9H2,1-2H3,(H,16,17). The van der Waals surface area contributed by atoms with Gasteiger partial charge in [0.1, 0.15) is 0 Å². The molecule has 1 atom stereocenters. The summed E-state index contributed by atoms with van der Waals surface area (Å²) >= 11 is 0. The molecule has 1 saturated heterocycles. The number of nitrogens with one attached hydrogen (secondary N) is 2. The van der Waals surface area contributed by atoms with Gasteiger partial charge >= 0.3 is 0 Å². The molecule has 1 aliphatic heterocycles. The smallest absolute Gasteiger partial charge is 0.223 e. The Morgan fingerprint density at radius 2 is 2.06 bits per heavy atom. The monoisotopic (exact) mass is 254 g/mol. The van der Waals surface area contributed by atoms with Crippen LogP contribution in [-0.2, 0) is 4.79 Å². The number of carbonyl (C=O) groups excluding carboxylic acids is 1. The second-order valence-corrected chi connectivity index (χ2v) is 6.33. The highest BCUT2D eigenvalue weighted by Gasteiger charge is 2.34. The maximum Gasteiger partial charge on any atom is 0.223 e. The minimum Gasteiger partial charge on any atom is -0.388 e. The maximum absolute atomic E-state index is 12.0. The van der Waals surface area contributed by atoms with Gasteiger partial charge in [0.2, 0.25) is 5.91 Å². The molecule has 1 saturated carbocycles. The Balaban J connectivity index is 1.74. The van der Waals surface area contributed by atoms with E-state index in [4.69, 9.17) is 0 Å². The van der Waals surface area contributed by atoms with E-state index < -0.39 is 5.60 Å². The summed E-state index contributed by atoms with van der Waals surface area (Å²) in [5.74, 6) is 1.32. The third-order valence-electron chi connectivity index (χ3n) is 4.73. The van der Waals surface area contributed by atoms with Crippen molar-refractivity contribution in [3.8, 4) is 0 Å². The molecule has 1 amide bonds. The molecule has 0 spiro atoms. The molecule has 1 heterocycles. The van der Waals surface area contributed by atoms with Crippen molar-refractivity contribution in [3.63, 3.8) is 0 Å². The van der Waals surface area contributed by atoms with E-state index in [0.717, 1.165) is 38.8 Å². The lowest BCUT2D eigenvalue weighted by Crippen LogP contribution is -2.52. The minimum absolute atomic E-state index is 0.0531. The van der Waals surface area contributed by atoms with Gasteiger partial charge in [-0.1, -0.05) is 13.8 Å². The largest absolute Gasteiger partial charge is 0.388 e. The Morgan fingerprint density at radius 3 is 2.56 bits per heavy atom. The fourth-order valence-corrected chi connectivity index (χ4v) is 2.77. The van der Waals surface area contributed by atoms with Gasteiger partial charge in [0, 0.05) is 12.5 Å². The molecule has 1 aliphatic carbocycles. The molecular weight excluding hydrogens is 228 g/mol. The quantitative estimate of drug-likeness (QED) is 0.698. The van der Waals surface area contributed by atoms with Crippen molar-refractivity contribution in [3.05, 3.63) is 0 Å². The van der Waals surface area contributed by atoms with Crippen LogP contribution in [0.15, 0.2) is 0 Å². The lowest BCUT2D eigenvalue weighted by Gasteiger charge is -2.36. The number of carbonyl (C=O) groups is 1. The zero-order valence-electron chi connectivity index (χ0n) is 11.5. The van der Waals surface area contributed by atoms with E-state index in [0.29, 0.717) is 18.4 Å². The van der Waals surface area contributed by atoms with Crippen LogP contribution in [0.25, 0.3) is 0 Å². The van der Waals surface area contributed by atoms with Crippen molar-refractivity contribution in [2.75, 3.05) is 19.6 Å². The van der Waals surface area contributed by atoms with Crippen molar-refractivity contribution in [2.45, 2.75) is 45.1 Å². The van der Waals surface area contributed by atoms with E-state index in [9.17, 15) is 9.90 Å². The topological polar surface area (TPSA) is 61.4 Å². The first-order chi connectivity index (χ1) is 8.50. The number of hydrogen-bond acceptors (Lipinski definition) is 3. The molecule has 0 radical (unpaired) electrons. The van der Waals surface area contributed by atoms with Crippen LogP contribution in [0.1, 0.15) is 39.5 Å². The zero-order chi connectivity index (χ0) is 13.2. The van der Waals surface area contributed by atoms with Crippen molar-refractivity contribution in [1.29, 1.82) is 0 Å². The van der Waals surface area contributed by atoms with E-state index in [1.165, 1.54) is 0 Å². The number of aliphatic hydroxyl groups is 1. The lowest BCUT2D eigenvalue weighted by atomic mass is 9.79. The van der Waals surface area contributed by atoms with E-state index in [2.05, 4.69) is 17.6 Å². The summed E-state index contributed by atoms with van der Waals surface area (Å²) < 4.78 is 0. The summed E-state index contributed by atoms with van der Waals surface area (Å²) in [5, 5.41) is 16.5. The van der Waals surface area contributed by atoms with Crippen molar-refractivity contribution < 1.29 is 9.90 Å². The average Bonchev–Trinajstić information content (AvgIpc) is 2.28. The number of amides is 1. The fourth-order valence-electron chi connectivity index (χ4n) is 2.77. The Kier molecular flexibility index (Phi) is 4.28. The summed E-state index contributed by atoms with van der Waals surface area (Å²) in [5.41, 5.74) is -0.667. The van der Waals surface area contributed by atoms with Crippen LogP contribution in [0.3, 0.4) is 0 Å². The molecule has 4 heteroatoms. The first-order valence-electron chi connectivity index (χ1n) is 7.21. The molecule has 2 rings (SSSR count). The Morgan fingerprint density at radius 1 is 1.44 bits per heavy atom. The minimum atomic E-state index is -0.667. The maximum atomic E-state index is 12.0. The Hall–Kier alpha value is -0.610. The van der Waals surface area contributed by atoms with Gasteiger partial charge in [-0.2, -0.15) is 0 Å². The summed E-state index contributed by atoms with van der Waals surface area (Å²) in [7, 11) is 0. The Bertz CT molecular complexity index is 294. The molecule has 3 N–H and O–H groups in total. The van der Waals surface area contributed by atoms with Gasteiger partial charge in [-0.15, -0.1) is 0 Å². The van der Waals surface area contributed by atoms with Gasteiger partial charge in [-0.3, -0.25) is 4.79 Å². The van der Waals surface area contributed by atoms with Crippen molar-refractivity contribution in [1.82, 2.24) is 10.6 Å². The molecular formula is C14H26N2O2. The summed E-state index contributed by atoms with van der Waals surface area (Å²) in [4.78, 5) is 12.0. The van der Waals surface area contributed by atoms with Crippen LogP contribution in [0.2, 0.25) is 0 Å². The van der Waals surface area contributed by atoms with Crippen LogP contribution < -0.4 is 10.6 Å². The van der Waals surface area contributed by atoms with Crippen LogP contribution in [0.5, 0.6) is 0 Å². The third-order valence-corrected chi connectivity index (χ3v) is 4.73. The fraction of sp³-hybridized carbons (Fsp3) is 0.929. The number of hydrogen-bond donors (Lipinski definition) is 3. The van der Waals surface area contributed by atoms with E-state index in [1.54, 1.807) is 0 Å². The Labute approximate surface area is 110 Å². The molecule has 104 valence electrons. The predicted molar refractivity (Wildman–Crippen MR) is 71.1 cm³/mol. The molecule has 2 aliphatic rings. The SMILES string of the molecule is CC1CCC(O)(CNC(=O)C(C)C2CNC2)CC1. The summed E-state index contributed by atoms with van der Waals surface area (Å²) in [6.07, 6.45) is 3.75. The second kappa shape index (κ2) is 5.57. The number of rotatable bonds is 4. The first-order valence-corrected chi connectivity index (χ1v) is 7.21. The van der Waals surface area contributed by atoms with Crippen molar-refractivity contribution in [2.24, 2.45) is 17.8 Å². The molecule has 0 aromatic heterocycles. The zero-order valence-corrected chi connectivity index (χ0v) is 11.5. The van der Waals surface area contributed by atoms with E-state index in [1.807, 2.05) is 6.92 Å². The van der Waals surface area contributed by atoms with Crippen LogP contribution in [0.4, 0.5) is 0 Å². The van der Waals surface area contributed by atoms with Gasteiger partial charge in [0.05, 0.1) is 5.60 Å². The van der Waals surface area contributed by atoms with Gasteiger partial charge < -0.3 is 15.7 Å².